The van der Waals surface area contributed by atoms with Crippen LogP contribution in [0, 0.1) is 0 Å². The van der Waals surface area contributed by atoms with Crippen LogP contribution in [0.15, 0.2) is 42.5 Å². The Hall–Kier alpha value is -2.45. The zero-order chi connectivity index (χ0) is 18.4. The van der Waals surface area contributed by atoms with Crippen LogP contribution in [0.4, 0.5) is 24.5 Å². The maximum absolute atomic E-state index is 12.7. The molecule has 134 valence electrons. The highest BCUT2D eigenvalue weighted by Crippen LogP contribution is 2.33. The average molecular weight is 374 g/mol. The molecule has 0 radical (unpaired) electrons. The minimum atomic E-state index is -4.48. The Morgan fingerprint density at radius 3 is 2.44 bits per heavy atom. The molecule has 0 fully saturated rings. The monoisotopic (exact) mass is 373 g/mol. The number of methoxy groups -OCH3 is 1. The van der Waals surface area contributed by atoms with Crippen LogP contribution in [0.1, 0.15) is 5.56 Å². The van der Waals surface area contributed by atoms with E-state index in [2.05, 4.69) is 16.2 Å². The van der Waals surface area contributed by atoms with E-state index in [-0.39, 0.29) is 23.2 Å². The van der Waals surface area contributed by atoms with Gasteiger partial charge in [-0.25, -0.2) is 5.43 Å². The predicted octanol–water partition coefficient (Wildman–Crippen LogP) is 3.92. The van der Waals surface area contributed by atoms with Crippen molar-refractivity contribution in [2.24, 2.45) is 0 Å². The summed E-state index contributed by atoms with van der Waals surface area (Å²) < 4.78 is 43.1. The Balaban J connectivity index is 1.88. The van der Waals surface area contributed by atoms with Gasteiger partial charge in [0, 0.05) is 5.69 Å². The summed E-state index contributed by atoms with van der Waals surface area (Å²) in [7, 11) is 1.53. The summed E-state index contributed by atoms with van der Waals surface area (Å²) in [4.78, 5) is 11.8. The van der Waals surface area contributed by atoms with E-state index in [0.29, 0.717) is 11.4 Å². The molecule has 0 spiro atoms. The van der Waals surface area contributed by atoms with E-state index in [1.165, 1.54) is 7.11 Å². The number of nitrogens with one attached hydrogen (secondary N) is 3. The topological polar surface area (TPSA) is 62.4 Å². The van der Waals surface area contributed by atoms with Crippen molar-refractivity contribution in [3.8, 4) is 5.75 Å². The number of halogens is 4. The van der Waals surface area contributed by atoms with Gasteiger partial charge in [-0.2, -0.15) is 13.2 Å². The molecule has 0 aromatic heterocycles. The molecular weight excluding hydrogens is 359 g/mol. The molecule has 5 nitrogen and oxygen atoms in total. The summed E-state index contributed by atoms with van der Waals surface area (Å²) in [5.41, 5.74) is 4.76. The molecule has 1 amide bonds. The minimum Gasteiger partial charge on any atom is -0.497 e. The van der Waals surface area contributed by atoms with Crippen molar-refractivity contribution >= 4 is 28.9 Å². The molecule has 0 saturated carbocycles. The fraction of sp³-hybridized carbons (Fsp3) is 0.188. The van der Waals surface area contributed by atoms with E-state index in [4.69, 9.17) is 16.3 Å². The number of hydrazine groups is 1. The van der Waals surface area contributed by atoms with E-state index in [0.717, 1.165) is 18.2 Å². The predicted molar refractivity (Wildman–Crippen MR) is 89.7 cm³/mol. The molecule has 3 N–H and O–H groups in total. The highest BCUT2D eigenvalue weighted by Gasteiger charge is 2.30. The third-order valence-electron chi connectivity index (χ3n) is 3.14. The van der Waals surface area contributed by atoms with Crippen molar-refractivity contribution < 1.29 is 22.7 Å². The quantitative estimate of drug-likeness (QED) is 0.672. The van der Waals surface area contributed by atoms with Crippen LogP contribution < -0.4 is 20.9 Å². The largest absolute Gasteiger partial charge is 0.497 e. The first-order chi connectivity index (χ1) is 11.8. The maximum atomic E-state index is 12.7. The molecule has 9 heteroatoms. The number of hydrogen-bond donors (Lipinski definition) is 3. The smallest absolute Gasteiger partial charge is 0.416 e. The summed E-state index contributed by atoms with van der Waals surface area (Å²) in [5.74, 6) is 0.262. The Morgan fingerprint density at radius 2 is 1.84 bits per heavy atom. The van der Waals surface area contributed by atoms with Gasteiger partial charge in [-0.15, -0.1) is 0 Å². The van der Waals surface area contributed by atoms with Crippen LogP contribution in [0.5, 0.6) is 5.75 Å². The number of carbonyl (C=O) groups is 1. The van der Waals surface area contributed by atoms with Crippen LogP contribution in [-0.2, 0) is 11.0 Å². The molecule has 0 heterocycles. The lowest BCUT2D eigenvalue weighted by molar-refractivity contribution is -0.137. The van der Waals surface area contributed by atoms with Crippen molar-refractivity contribution in [2.45, 2.75) is 6.18 Å². The zero-order valence-corrected chi connectivity index (χ0v) is 13.8. The van der Waals surface area contributed by atoms with Crippen molar-refractivity contribution in [3.05, 3.63) is 53.1 Å². The van der Waals surface area contributed by atoms with Crippen molar-refractivity contribution in [3.63, 3.8) is 0 Å². The van der Waals surface area contributed by atoms with Gasteiger partial charge < -0.3 is 15.5 Å². The molecule has 0 bridgehead atoms. The molecule has 25 heavy (non-hydrogen) atoms. The molecule has 0 aliphatic heterocycles. The fourth-order valence-electron chi connectivity index (χ4n) is 1.90. The Kier molecular flexibility index (Phi) is 6.11. The normalized spacial score (nSPS) is 11.1. The van der Waals surface area contributed by atoms with E-state index < -0.39 is 11.7 Å². The first kappa shape index (κ1) is 18.9. The van der Waals surface area contributed by atoms with Crippen molar-refractivity contribution in [2.75, 3.05) is 24.4 Å². The van der Waals surface area contributed by atoms with E-state index in [1.807, 2.05) is 0 Å². The summed E-state index contributed by atoms with van der Waals surface area (Å²) in [6.45, 7) is -0.182. The number of ether oxygens (including phenoxy) is 1. The Morgan fingerprint density at radius 1 is 1.16 bits per heavy atom. The second-order valence-electron chi connectivity index (χ2n) is 4.95. The average Bonchev–Trinajstić information content (AvgIpc) is 2.56. The highest BCUT2D eigenvalue weighted by atomic mass is 35.5. The van der Waals surface area contributed by atoms with E-state index >= 15 is 0 Å². The van der Waals surface area contributed by atoms with Gasteiger partial charge in [0.05, 0.1) is 29.9 Å². The van der Waals surface area contributed by atoms with Gasteiger partial charge >= 0.3 is 6.18 Å². The minimum absolute atomic E-state index is 0.0220. The lowest BCUT2D eigenvalue weighted by Crippen LogP contribution is -2.32. The molecule has 2 aromatic carbocycles. The van der Waals surface area contributed by atoms with Crippen molar-refractivity contribution in [1.82, 2.24) is 5.43 Å². The summed E-state index contributed by atoms with van der Waals surface area (Å²) in [6, 6.07) is 9.56. The Bertz CT molecular complexity index is 736. The summed E-state index contributed by atoms with van der Waals surface area (Å²) in [6.07, 6.45) is -4.48. The first-order valence-electron chi connectivity index (χ1n) is 7.09. The number of anilines is 2. The molecule has 2 aromatic rings. The van der Waals surface area contributed by atoms with Gasteiger partial charge in [0.2, 0.25) is 5.91 Å². The lowest BCUT2D eigenvalue weighted by atomic mass is 10.2. The number of benzene rings is 2. The van der Waals surface area contributed by atoms with Crippen LogP contribution >= 0.6 is 11.6 Å². The molecule has 0 unspecified atom stereocenters. The number of carbonyl (C=O) groups excluding carboxylic acids is 1. The van der Waals surface area contributed by atoms with Crippen LogP contribution in [-0.4, -0.2) is 19.6 Å². The van der Waals surface area contributed by atoms with E-state index in [9.17, 15) is 18.0 Å². The Labute approximate surface area is 147 Å². The first-order valence-corrected chi connectivity index (χ1v) is 7.47. The van der Waals surface area contributed by atoms with Gasteiger partial charge in [-0.3, -0.25) is 4.79 Å². The molecule has 0 aliphatic carbocycles. The fourth-order valence-corrected chi connectivity index (χ4v) is 2.06. The number of alkyl halides is 3. The molecule has 2 rings (SSSR count). The van der Waals surface area contributed by atoms with E-state index in [1.54, 1.807) is 24.3 Å². The SMILES string of the molecule is COc1ccc(NC(=O)CNNc2cc(C(F)(F)F)ccc2Cl)cc1. The molecule has 0 atom stereocenters. The van der Waals surface area contributed by atoms with Crippen molar-refractivity contribution in [1.29, 1.82) is 0 Å². The summed E-state index contributed by atoms with van der Waals surface area (Å²) >= 11 is 5.84. The third-order valence-corrected chi connectivity index (χ3v) is 3.47. The van der Waals surface area contributed by atoms with Gasteiger partial charge in [0.1, 0.15) is 5.75 Å². The summed E-state index contributed by atoms with van der Waals surface area (Å²) in [5, 5.41) is 2.71. The molecular formula is C16H15ClF3N3O2. The standard InChI is InChI=1S/C16H15ClF3N3O2/c1-25-12-5-3-11(4-6-12)22-15(24)9-21-23-14-8-10(16(18,19)20)2-7-13(14)17/h2-8,21,23H,9H2,1H3,(H,22,24). The van der Waals surface area contributed by atoms with Gasteiger partial charge in [-0.1, -0.05) is 11.6 Å². The number of amides is 1. The second kappa shape index (κ2) is 8.09. The highest BCUT2D eigenvalue weighted by molar-refractivity contribution is 6.33. The van der Waals surface area contributed by atoms with Crippen LogP contribution in [0.25, 0.3) is 0 Å². The van der Waals surface area contributed by atoms with Crippen LogP contribution in [0.3, 0.4) is 0 Å². The van der Waals surface area contributed by atoms with Crippen LogP contribution in [0.2, 0.25) is 5.02 Å². The lowest BCUT2D eigenvalue weighted by Gasteiger charge is -2.13. The molecule has 0 aliphatic rings. The number of hydrogen-bond acceptors (Lipinski definition) is 4. The van der Waals surface area contributed by atoms with Gasteiger partial charge in [-0.05, 0) is 42.5 Å². The zero-order valence-electron chi connectivity index (χ0n) is 13.1. The third kappa shape index (κ3) is 5.54. The number of rotatable bonds is 6. The second-order valence-corrected chi connectivity index (χ2v) is 5.35. The van der Waals surface area contributed by atoms with Gasteiger partial charge in [0.25, 0.3) is 0 Å². The molecule has 0 saturated heterocycles. The van der Waals surface area contributed by atoms with Gasteiger partial charge in [0.15, 0.2) is 0 Å². The maximum Gasteiger partial charge on any atom is 0.416 e.